The van der Waals surface area contributed by atoms with Gasteiger partial charge in [0, 0.05) is 24.7 Å². The van der Waals surface area contributed by atoms with Gasteiger partial charge in [-0.25, -0.2) is 4.39 Å². The first-order valence-corrected chi connectivity index (χ1v) is 9.63. The lowest BCUT2D eigenvalue weighted by Gasteiger charge is -2.31. The first-order valence-electron chi connectivity index (χ1n) is 9.63. The molecule has 0 saturated carbocycles. The van der Waals surface area contributed by atoms with Crippen molar-refractivity contribution in [3.8, 4) is 5.75 Å². The number of amides is 2. The van der Waals surface area contributed by atoms with E-state index < -0.39 is 17.6 Å². The van der Waals surface area contributed by atoms with E-state index in [1.807, 2.05) is 4.90 Å². The van der Waals surface area contributed by atoms with Crippen LogP contribution in [0.4, 0.5) is 10.1 Å². The second-order valence-corrected chi connectivity index (χ2v) is 7.27. The Morgan fingerprint density at radius 1 is 1.03 bits per heavy atom. The maximum atomic E-state index is 13.4. The number of fused-ring (bicyclic) bond motifs is 2. The number of aromatic hydroxyl groups is 1. The molecule has 0 radical (unpaired) electrons. The molecule has 5 rings (SSSR count). The molecule has 152 valence electrons. The van der Waals surface area contributed by atoms with Gasteiger partial charge in [0.15, 0.2) is 5.75 Å². The third-order valence-electron chi connectivity index (χ3n) is 5.51. The van der Waals surface area contributed by atoms with Crippen LogP contribution in [0.1, 0.15) is 26.3 Å². The average Bonchev–Trinajstić information content (AvgIpc) is 3.01. The summed E-state index contributed by atoms with van der Waals surface area (Å²) in [5.41, 5.74) is 1.63. The van der Waals surface area contributed by atoms with Gasteiger partial charge in [0.25, 0.3) is 11.8 Å². The third-order valence-corrected chi connectivity index (χ3v) is 5.51. The number of carbonyl (C=O) groups is 2. The molecule has 0 spiro atoms. The number of anilines is 1. The van der Waals surface area contributed by atoms with Crippen LogP contribution in [0.25, 0.3) is 10.9 Å². The zero-order valence-corrected chi connectivity index (χ0v) is 16.0. The number of benzene rings is 2. The molecule has 1 fully saturated rings. The SMILES string of the molecule is O=C1c2c(c(O)c3ncccc3c2N2CCOCC2)C(=O)N1Cc1ccc(F)cc1. The molecule has 2 aliphatic heterocycles. The van der Waals surface area contributed by atoms with E-state index in [9.17, 15) is 19.1 Å². The van der Waals surface area contributed by atoms with E-state index in [0.29, 0.717) is 42.9 Å². The Bertz CT molecular complexity index is 1170. The van der Waals surface area contributed by atoms with E-state index in [2.05, 4.69) is 4.98 Å². The number of pyridine rings is 1. The number of rotatable bonds is 3. The Morgan fingerprint density at radius 2 is 1.73 bits per heavy atom. The van der Waals surface area contributed by atoms with Gasteiger partial charge in [-0.15, -0.1) is 0 Å². The number of halogens is 1. The van der Waals surface area contributed by atoms with Crippen LogP contribution in [-0.4, -0.2) is 53.1 Å². The number of aromatic nitrogens is 1. The summed E-state index contributed by atoms with van der Waals surface area (Å²) in [6.45, 7) is 2.09. The number of ether oxygens (including phenoxy) is 1. The Hall–Kier alpha value is -3.52. The molecule has 3 heterocycles. The number of hydrogen-bond donors (Lipinski definition) is 1. The summed E-state index contributed by atoms with van der Waals surface area (Å²) < 4.78 is 18.7. The fourth-order valence-corrected chi connectivity index (χ4v) is 4.08. The lowest BCUT2D eigenvalue weighted by molar-refractivity contribution is 0.0641. The van der Waals surface area contributed by atoms with Crippen LogP contribution in [0.15, 0.2) is 42.6 Å². The predicted octanol–water partition coefficient (Wildman–Crippen LogP) is 2.71. The second-order valence-electron chi connectivity index (χ2n) is 7.27. The fourth-order valence-electron chi connectivity index (χ4n) is 4.08. The molecule has 2 aliphatic rings. The van der Waals surface area contributed by atoms with Crippen LogP contribution < -0.4 is 4.90 Å². The molecule has 8 heteroatoms. The molecule has 30 heavy (non-hydrogen) atoms. The predicted molar refractivity (Wildman–Crippen MR) is 107 cm³/mol. The van der Waals surface area contributed by atoms with Crippen molar-refractivity contribution in [2.45, 2.75) is 6.54 Å². The molecule has 0 bridgehead atoms. The van der Waals surface area contributed by atoms with Gasteiger partial charge in [0.2, 0.25) is 0 Å². The smallest absolute Gasteiger partial charge is 0.265 e. The molecule has 1 aromatic heterocycles. The third kappa shape index (κ3) is 2.80. The summed E-state index contributed by atoms with van der Waals surface area (Å²) in [6, 6.07) is 9.13. The van der Waals surface area contributed by atoms with E-state index in [-0.39, 0.29) is 28.9 Å². The molecular weight excluding hydrogens is 389 g/mol. The molecular formula is C22H18FN3O4. The van der Waals surface area contributed by atoms with Crippen molar-refractivity contribution in [1.82, 2.24) is 9.88 Å². The van der Waals surface area contributed by atoms with Gasteiger partial charge < -0.3 is 14.7 Å². The highest BCUT2D eigenvalue weighted by molar-refractivity contribution is 6.28. The van der Waals surface area contributed by atoms with Gasteiger partial charge in [-0.2, -0.15) is 0 Å². The van der Waals surface area contributed by atoms with Crippen molar-refractivity contribution in [2.75, 3.05) is 31.2 Å². The number of morpholine rings is 1. The number of carbonyl (C=O) groups excluding carboxylic acids is 2. The number of hydrogen-bond acceptors (Lipinski definition) is 6. The molecule has 0 unspecified atom stereocenters. The molecule has 1 saturated heterocycles. The van der Waals surface area contributed by atoms with Gasteiger partial charge in [0.1, 0.15) is 11.3 Å². The zero-order chi connectivity index (χ0) is 20.8. The lowest BCUT2D eigenvalue weighted by Crippen LogP contribution is -2.37. The van der Waals surface area contributed by atoms with Crippen LogP contribution in [0.5, 0.6) is 5.75 Å². The molecule has 3 aromatic rings. The van der Waals surface area contributed by atoms with Crippen molar-refractivity contribution in [2.24, 2.45) is 0 Å². The standard InChI is InChI=1S/C22H18FN3O4/c23-14-5-3-13(4-6-14)12-26-21(28)16-17(22(26)29)20(27)18-15(2-1-7-24-18)19(16)25-8-10-30-11-9-25/h1-7,27H,8-12H2. The largest absolute Gasteiger partial charge is 0.505 e. The summed E-state index contributed by atoms with van der Waals surface area (Å²) >= 11 is 0. The fraction of sp³-hybridized carbons (Fsp3) is 0.227. The summed E-state index contributed by atoms with van der Waals surface area (Å²) in [5.74, 6) is -1.76. The normalized spacial score (nSPS) is 16.4. The quantitative estimate of drug-likeness (QED) is 0.673. The summed E-state index contributed by atoms with van der Waals surface area (Å²) in [7, 11) is 0. The molecule has 0 atom stereocenters. The summed E-state index contributed by atoms with van der Waals surface area (Å²) in [6.07, 6.45) is 1.54. The van der Waals surface area contributed by atoms with Crippen molar-refractivity contribution in [1.29, 1.82) is 0 Å². The van der Waals surface area contributed by atoms with E-state index in [1.54, 1.807) is 12.1 Å². The lowest BCUT2D eigenvalue weighted by atomic mass is 9.99. The van der Waals surface area contributed by atoms with E-state index in [4.69, 9.17) is 4.74 Å². The van der Waals surface area contributed by atoms with Crippen LogP contribution in [0.3, 0.4) is 0 Å². The molecule has 1 N–H and O–H groups in total. The van der Waals surface area contributed by atoms with Gasteiger partial charge in [-0.3, -0.25) is 19.5 Å². The maximum absolute atomic E-state index is 13.4. The highest BCUT2D eigenvalue weighted by Crippen LogP contribution is 2.44. The monoisotopic (exact) mass is 407 g/mol. The van der Waals surface area contributed by atoms with E-state index in [1.165, 1.54) is 30.5 Å². The number of phenols is 1. The van der Waals surface area contributed by atoms with Crippen molar-refractivity contribution >= 4 is 28.4 Å². The average molecular weight is 407 g/mol. The van der Waals surface area contributed by atoms with Crippen molar-refractivity contribution < 1.29 is 23.8 Å². The zero-order valence-electron chi connectivity index (χ0n) is 16.0. The van der Waals surface area contributed by atoms with Crippen LogP contribution in [0, 0.1) is 5.82 Å². The van der Waals surface area contributed by atoms with Crippen molar-refractivity contribution in [3.63, 3.8) is 0 Å². The topological polar surface area (TPSA) is 83.0 Å². The number of imide groups is 1. The molecule has 0 aliphatic carbocycles. The van der Waals surface area contributed by atoms with Crippen molar-refractivity contribution in [3.05, 3.63) is 65.1 Å². The first-order chi connectivity index (χ1) is 14.6. The Balaban J connectivity index is 1.67. The van der Waals surface area contributed by atoms with E-state index >= 15 is 0 Å². The summed E-state index contributed by atoms with van der Waals surface area (Å²) in [5, 5.41) is 11.5. The Labute approximate surface area is 171 Å². The minimum atomic E-state index is -0.584. The second kappa shape index (κ2) is 7.07. The van der Waals surface area contributed by atoms with Gasteiger partial charge in [-0.1, -0.05) is 12.1 Å². The summed E-state index contributed by atoms with van der Waals surface area (Å²) in [4.78, 5) is 33.9. The minimum Gasteiger partial charge on any atom is -0.505 e. The minimum absolute atomic E-state index is 0.0155. The highest BCUT2D eigenvalue weighted by atomic mass is 19.1. The van der Waals surface area contributed by atoms with Gasteiger partial charge in [0.05, 0.1) is 36.6 Å². The van der Waals surface area contributed by atoms with Gasteiger partial charge in [-0.05, 0) is 29.8 Å². The van der Waals surface area contributed by atoms with Gasteiger partial charge >= 0.3 is 0 Å². The molecule has 2 aromatic carbocycles. The molecule has 7 nitrogen and oxygen atoms in total. The Kier molecular flexibility index (Phi) is 4.36. The number of nitrogens with zero attached hydrogens (tertiary/aromatic N) is 3. The first kappa shape index (κ1) is 18.5. The van der Waals surface area contributed by atoms with Crippen LogP contribution >= 0.6 is 0 Å². The highest BCUT2D eigenvalue weighted by Gasteiger charge is 2.42. The van der Waals surface area contributed by atoms with Crippen LogP contribution in [0.2, 0.25) is 0 Å². The maximum Gasteiger partial charge on any atom is 0.265 e. The molecule has 2 amide bonds. The van der Waals surface area contributed by atoms with Crippen LogP contribution in [-0.2, 0) is 11.3 Å². The van der Waals surface area contributed by atoms with E-state index in [0.717, 1.165) is 4.90 Å². The number of phenolic OH excluding ortho intramolecular Hbond substituents is 1. The Morgan fingerprint density at radius 3 is 2.47 bits per heavy atom.